The number of phenolic OH excluding ortho intramolecular Hbond substituents is 1. The van der Waals surface area contributed by atoms with E-state index in [0.717, 1.165) is 16.3 Å². The van der Waals surface area contributed by atoms with E-state index in [9.17, 15) is 26.0 Å². The van der Waals surface area contributed by atoms with Gasteiger partial charge in [-0.25, -0.2) is 17.2 Å². The third-order valence-corrected chi connectivity index (χ3v) is 6.66. The molecular formula is C20H25F4NO3S2. The van der Waals surface area contributed by atoms with E-state index in [0.29, 0.717) is 12.8 Å². The van der Waals surface area contributed by atoms with Crippen LogP contribution in [-0.4, -0.2) is 30.9 Å². The number of rotatable bonds is 4. The molecule has 1 N–H and O–H groups in total. The molecule has 1 heterocycles. The number of hydrogen-bond donors (Lipinski definition) is 1. The number of hydrogen-bond acceptors (Lipinski definition) is 3. The van der Waals surface area contributed by atoms with Gasteiger partial charge in [-0.05, 0) is 30.7 Å². The molecule has 1 aliphatic rings. The first-order chi connectivity index (χ1) is 13.7. The molecule has 10 heteroatoms. The van der Waals surface area contributed by atoms with Gasteiger partial charge in [-0.1, -0.05) is 44.2 Å². The first kappa shape index (κ1) is 26.3. The van der Waals surface area contributed by atoms with Crippen molar-refractivity contribution in [3.05, 3.63) is 59.2 Å². The van der Waals surface area contributed by atoms with Crippen LogP contribution in [0, 0.1) is 29.2 Å². The monoisotopic (exact) mass is 467 g/mol. The average Bonchev–Trinajstić information content (AvgIpc) is 2.73. The predicted molar refractivity (Wildman–Crippen MR) is 111 cm³/mol. The molecular weight excluding hydrogens is 442 g/mol. The standard InChI is InChI=1S/C18H17F4NO3S.C2H6.H2S/c19-13-15(21)18(16(22)14(20)17(13)24)27(25,26)23-8-6-12(7-9-23)10-11-4-2-1-3-5-11;1-2;/h1-5,12,24H,6-10H2;1-2H3;1H2. The molecule has 0 unspecified atom stereocenters. The van der Waals surface area contributed by atoms with Crippen molar-refractivity contribution in [3.63, 3.8) is 0 Å². The first-order valence-corrected chi connectivity index (χ1v) is 10.8. The van der Waals surface area contributed by atoms with Crippen LogP contribution in [0.15, 0.2) is 35.2 Å². The summed E-state index contributed by atoms with van der Waals surface area (Å²) in [5.41, 5.74) is 1.10. The Morgan fingerprint density at radius 1 is 0.933 bits per heavy atom. The lowest BCUT2D eigenvalue weighted by Gasteiger charge is -2.31. The van der Waals surface area contributed by atoms with Gasteiger partial charge in [-0.3, -0.25) is 0 Å². The van der Waals surface area contributed by atoms with Crippen molar-refractivity contribution in [2.24, 2.45) is 5.92 Å². The lowest BCUT2D eigenvalue weighted by molar-refractivity contribution is 0.269. The van der Waals surface area contributed by atoms with Crippen molar-refractivity contribution in [1.29, 1.82) is 0 Å². The highest BCUT2D eigenvalue weighted by molar-refractivity contribution is 7.89. The summed E-state index contributed by atoms with van der Waals surface area (Å²) in [6.45, 7) is 3.95. The van der Waals surface area contributed by atoms with Crippen LogP contribution in [0.2, 0.25) is 0 Å². The number of benzene rings is 2. The molecule has 2 aromatic rings. The Kier molecular flexibility index (Phi) is 9.64. The zero-order chi connectivity index (χ0) is 21.8. The van der Waals surface area contributed by atoms with E-state index in [1.54, 1.807) is 0 Å². The molecule has 0 spiro atoms. The van der Waals surface area contributed by atoms with Gasteiger partial charge in [0.1, 0.15) is 0 Å². The summed E-state index contributed by atoms with van der Waals surface area (Å²) in [7, 11) is -4.79. The van der Waals surface area contributed by atoms with Gasteiger partial charge in [-0.15, -0.1) is 0 Å². The van der Waals surface area contributed by atoms with Crippen LogP contribution in [-0.2, 0) is 16.4 Å². The van der Waals surface area contributed by atoms with Gasteiger partial charge in [0.05, 0.1) is 0 Å². The van der Waals surface area contributed by atoms with Crippen LogP contribution < -0.4 is 0 Å². The van der Waals surface area contributed by atoms with Crippen LogP contribution in [0.5, 0.6) is 5.75 Å². The van der Waals surface area contributed by atoms with Gasteiger partial charge >= 0.3 is 0 Å². The minimum Gasteiger partial charge on any atom is -0.503 e. The van der Waals surface area contributed by atoms with E-state index in [-0.39, 0.29) is 32.5 Å². The Balaban J connectivity index is 0.00000146. The van der Waals surface area contributed by atoms with Crippen molar-refractivity contribution in [1.82, 2.24) is 4.31 Å². The summed E-state index contributed by atoms with van der Waals surface area (Å²) in [4.78, 5) is -1.71. The van der Waals surface area contributed by atoms with Crippen molar-refractivity contribution in [2.45, 2.75) is 38.0 Å². The summed E-state index contributed by atoms with van der Waals surface area (Å²) in [5, 5.41) is 9.00. The van der Waals surface area contributed by atoms with E-state index in [4.69, 9.17) is 5.11 Å². The molecule has 30 heavy (non-hydrogen) atoms. The molecule has 0 aromatic heterocycles. The summed E-state index contributed by atoms with van der Waals surface area (Å²) in [5.74, 6) is -10.2. The Bertz CT molecular complexity index is 919. The molecule has 3 rings (SSSR count). The molecule has 2 aromatic carbocycles. The van der Waals surface area contributed by atoms with E-state index in [1.807, 2.05) is 44.2 Å². The number of piperidine rings is 1. The lowest BCUT2D eigenvalue weighted by atomic mass is 9.91. The van der Waals surface area contributed by atoms with Gasteiger partial charge in [-0.2, -0.15) is 26.6 Å². The molecule has 168 valence electrons. The second kappa shape index (κ2) is 11.0. The highest BCUT2D eigenvalue weighted by atomic mass is 32.2. The first-order valence-electron chi connectivity index (χ1n) is 9.32. The Morgan fingerprint density at radius 3 is 1.87 bits per heavy atom. The summed E-state index contributed by atoms with van der Waals surface area (Å²) >= 11 is 0. The van der Waals surface area contributed by atoms with E-state index in [1.165, 1.54) is 0 Å². The number of nitrogens with zero attached hydrogens (tertiary/aromatic N) is 1. The van der Waals surface area contributed by atoms with E-state index < -0.39 is 43.9 Å². The van der Waals surface area contributed by atoms with Crippen molar-refractivity contribution in [2.75, 3.05) is 13.1 Å². The fourth-order valence-electron chi connectivity index (χ4n) is 3.26. The zero-order valence-corrected chi connectivity index (χ0v) is 18.4. The topological polar surface area (TPSA) is 57.6 Å². The number of phenols is 1. The zero-order valence-electron chi connectivity index (χ0n) is 16.6. The van der Waals surface area contributed by atoms with Gasteiger partial charge in [0.2, 0.25) is 21.7 Å². The Labute approximate surface area is 181 Å². The van der Waals surface area contributed by atoms with Gasteiger partial charge < -0.3 is 5.11 Å². The fraction of sp³-hybridized carbons (Fsp3) is 0.400. The van der Waals surface area contributed by atoms with Crippen molar-refractivity contribution < 1.29 is 31.1 Å². The molecule has 4 nitrogen and oxygen atoms in total. The fourth-order valence-corrected chi connectivity index (χ4v) is 4.84. The molecule has 0 aliphatic carbocycles. The molecule has 0 bridgehead atoms. The molecule has 1 aliphatic heterocycles. The molecule has 1 fully saturated rings. The van der Waals surface area contributed by atoms with Crippen molar-refractivity contribution in [3.8, 4) is 5.75 Å². The van der Waals surface area contributed by atoms with Crippen molar-refractivity contribution >= 4 is 23.5 Å². The Hall–Kier alpha value is -1.78. The predicted octanol–water partition coefficient (Wildman–Crippen LogP) is 4.73. The van der Waals surface area contributed by atoms with Gasteiger partial charge in [0.25, 0.3) is 0 Å². The average molecular weight is 468 g/mol. The van der Waals surface area contributed by atoms with Crippen LogP contribution in [0.25, 0.3) is 0 Å². The minimum atomic E-state index is -4.79. The maximum Gasteiger partial charge on any atom is 0.249 e. The third kappa shape index (κ3) is 5.28. The SMILES string of the molecule is CC.O=S(=O)(c1c(F)c(F)c(O)c(F)c1F)N1CCC(Cc2ccccc2)CC1.S. The second-order valence-electron chi connectivity index (χ2n) is 6.47. The van der Waals surface area contributed by atoms with Crippen LogP contribution in [0.1, 0.15) is 32.3 Å². The maximum absolute atomic E-state index is 14.0. The van der Waals surface area contributed by atoms with Gasteiger partial charge in [0, 0.05) is 13.1 Å². The lowest BCUT2D eigenvalue weighted by Crippen LogP contribution is -2.39. The molecule has 0 atom stereocenters. The number of halogens is 4. The summed E-state index contributed by atoms with van der Waals surface area (Å²) in [6, 6.07) is 9.59. The van der Waals surface area contributed by atoms with Crippen LogP contribution in [0.3, 0.4) is 0 Å². The Morgan fingerprint density at radius 2 is 1.40 bits per heavy atom. The highest BCUT2D eigenvalue weighted by Crippen LogP contribution is 2.34. The molecule has 0 amide bonds. The number of aromatic hydroxyl groups is 1. The quantitative estimate of drug-likeness (QED) is 0.523. The molecule has 0 saturated carbocycles. The van der Waals surface area contributed by atoms with E-state index >= 15 is 0 Å². The minimum absolute atomic E-state index is 0. The third-order valence-electron chi connectivity index (χ3n) is 4.74. The van der Waals surface area contributed by atoms with Crippen LogP contribution >= 0.6 is 13.5 Å². The maximum atomic E-state index is 14.0. The normalized spacial score (nSPS) is 15.1. The second-order valence-corrected chi connectivity index (χ2v) is 8.35. The van der Waals surface area contributed by atoms with Gasteiger partial charge in [0.15, 0.2) is 22.3 Å². The summed E-state index contributed by atoms with van der Waals surface area (Å²) < 4.78 is 80.9. The molecule has 0 radical (unpaired) electrons. The molecule has 1 saturated heterocycles. The smallest absolute Gasteiger partial charge is 0.249 e. The highest BCUT2D eigenvalue weighted by Gasteiger charge is 2.38. The largest absolute Gasteiger partial charge is 0.503 e. The number of sulfonamides is 1. The summed E-state index contributed by atoms with van der Waals surface area (Å²) in [6.07, 6.45) is 1.63. The van der Waals surface area contributed by atoms with Crippen LogP contribution in [0.4, 0.5) is 17.6 Å². The van der Waals surface area contributed by atoms with E-state index in [2.05, 4.69) is 0 Å².